The molecule has 0 unspecified atom stereocenters. The highest BCUT2D eigenvalue weighted by molar-refractivity contribution is 5.92. The lowest BCUT2D eigenvalue weighted by molar-refractivity contribution is -0.117. The van der Waals surface area contributed by atoms with Crippen molar-refractivity contribution >= 4 is 28.6 Å². The van der Waals surface area contributed by atoms with Crippen molar-refractivity contribution in [2.24, 2.45) is 5.92 Å². The molecule has 7 rings (SSSR count). The van der Waals surface area contributed by atoms with Crippen LogP contribution in [0.5, 0.6) is 0 Å². The van der Waals surface area contributed by atoms with Crippen LogP contribution in [0.25, 0.3) is 22.5 Å². The molecule has 0 radical (unpaired) electrons. The van der Waals surface area contributed by atoms with Gasteiger partial charge in [0.2, 0.25) is 5.91 Å². The second-order valence-corrected chi connectivity index (χ2v) is 11.4. The number of hydrogen-bond donors (Lipinski definition) is 5. The van der Waals surface area contributed by atoms with Crippen LogP contribution >= 0.6 is 0 Å². The van der Waals surface area contributed by atoms with E-state index in [9.17, 15) is 4.79 Å². The molecule has 2 aliphatic heterocycles. The molecule has 1 fully saturated rings. The number of rotatable bonds is 6. The number of carbonyl (C=O) groups excluding carboxylic acids is 1. The van der Waals surface area contributed by atoms with Gasteiger partial charge in [0, 0.05) is 53.8 Å². The number of hydrazine groups is 1. The number of allylic oxidation sites excluding steroid dienone is 3. The summed E-state index contributed by atoms with van der Waals surface area (Å²) in [5, 5.41) is 6.39. The van der Waals surface area contributed by atoms with Crippen LogP contribution in [0.15, 0.2) is 67.2 Å². The van der Waals surface area contributed by atoms with Crippen LogP contribution in [0.1, 0.15) is 54.7 Å². The molecule has 218 valence electrons. The first-order valence-corrected chi connectivity index (χ1v) is 14.7. The molecule has 5 N–H and O–H groups in total. The van der Waals surface area contributed by atoms with Gasteiger partial charge in [0.1, 0.15) is 11.5 Å². The van der Waals surface area contributed by atoms with Crippen molar-refractivity contribution in [1.29, 1.82) is 0 Å². The second-order valence-electron chi connectivity index (χ2n) is 11.4. The Balaban J connectivity index is 1.17. The molecule has 1 saturated heterocycles. The first-order valence-electron chi connectivity index (χ1n) is 14.7. The Hall–Kier alpha value is -5.03. The largest absolute Gasteiger partial charge is 0.341 e. The molecule has 0 aromatic carbocycles. The molecule has 3 aliphatic rings. The van der Waals surface area contributed by atoms with Crippen molar-refractivity contribution in [2.45, 2.75) is 39.5 Å². The van der Waals surface area contributed by atoms with Crippen molar-refractivity contribution in [3.05, 3.63) is 95.6 Å². The monoisotopic (exact) mass is 574 g/mol. The summed E-state index contributed by atoms with van der Waals surface area (Å²) in [7, 11) is 0. The maximum Gasteiger partial charge on any atom is 0.224 e. The molecule has 0 saturated carbocycles. The van der Waals surface area contributed by atoms with E-state index >= 15 is 0 Å². The maximum absolute atomic E-state index is 12.7. The van der Waals surface area contributed by atoms with Crippen molar-refractivity contribution in [3.8, 4) is 11.3 Å². The smallest absolute Gasteiger partial charge is 0.224 e. The maximum atomic E-state index is 12.7. The Morgan fingerprint density at radius 3 is 2.81 bits per heavy atom. The minimum Gasteiger partial charge on any atom is -0.341 e. The van der Waals surface area contributed by atoms with Crippen LogP contribution in [-0.2, 0) is 11.2 Å². The lowest BCUT2D eigenvalue weighted by Gasteiger charge is -2.22. The molecule has 0 atom stereocenters. The number of aryl methyl sites for hydroxylation is 1. The zero-order valence-electron chi connectivity index (χ0n) is 24.2. The Kier molecular flexibility index (Phi) is 7.07. The standard InChI is InChI=1S/C32H34N10O/c1-19-3-4-29(42-17-20(2)36-18-42)31-27(9-19)39-32(40-31)25-15-37-41-28-16-35-26(12-24(25)28)22-11-23(14-34-13-22)38-30(43)10-21-5-7-33-8-6-21/h3-4,11-18,21,33,37,41H,5-10H2,1-2H3,(H,38,43)(H,39,40). The first kappa shape index (κ1) is 26.8. The average molecular weight is 575 g/mol. The lowest BCUT2D eigenvalue weighted by Crippen LogP contribution is -2.30. The Labute approximate surface area is 249 Å². The highest BCUT2D eigenvalue weighted by Gasteiger charge is 2.24. The van der Waals surface area contributed by atoms with Gasteiger partial charge in [0.25, 0.3) is 0 Å². The normalized spacial score (nSPS) is 16.5. The molecule has 4 aromatic heterocycles. The SMILES string of the molecule is CC1=CC=C(n2cnc(C)c2)c2nc(C3=CNNc4cnc(-c5cncc(NC(=O)CC6CCNCC6)c5)cc43)[nH]c2C1. The van der Waals surface area contributed by atoms with Gasteiger partial charge in [-0.2, -0.15) is 0 Å². The summed E-state index contributed by atoms with van der Waals surface area (Å²) in [6.07, 6.45) is 18.6. The van der Waals surface area contributed by atoms with Crippen LogP contribution in [0.3, 0.4) is 0 Å². The molecule has 11 nitrogen and oxygen atoms in total. The molecular weight excluding hydrogens is 540 g/mol. The van der Waals surface area contributed by atoms with E-state index in [2.05, 4.69) is 55.5 Å². The number of hydrogen-bond acceptors (Lipinski definition) is 8. The number of fused-ring (bicyclic) bond motifs is 2. The molecule has 0 spiro atoms. The fourth-order valence-electron chi connectivity index (χ4n) is 5.88. The number of piperidine rings is 1. The summed E-state index contributed by atoms with van der Waals surface area (Å²) in [5.41, 5.74) is 16.4. The molecule has 0 bridgehead atoms. The van der Waals surface area contributed by atoms with Gasteiger partial charge in [-0.15, -0.1) is 0 Å². The number of H-pyrrole nitrogens is 1. The van der Waals surface area contributed by atoms with Gasteiger partial charge in [-0.25, -0.2) is 9.97 Å². The summed E-state index contributed by atoms with van der Waals surface area (Å²) >= 11 is 0. The van der Waals surface area contributed by atoms with E-state index in [0.29, 0.717) is 18.0 Å². The topological polar surface area (TPSA) is 137 Å². The van der Waals surface area contributed by atoms with Crippen LogP contribution in [0.4, 0.5) is 11.4 Å². The van der Waals surface area contributed by atoms with Gasteiger partial charge >= 0.3 is 0 Å². The predicted octanol–water partition coefficient (Wildman–Crippen LogP) is 4.41. The van der Waals surface area contributed by atoms with Crippen LogP contribution < -0.4 is 21.5 Å². The first-order chi connectivity index (χ1) is 21.0. The summed E-state index contributed by atoms with van der Waals surface area (Å²) in [4.78, 5) is 35.0. The molecule has 6 heterocycles. The number of amides is 1. The molecule has 4 aromatic rings. The number of carbonyl (C=O) groups is 1. The number of nitrogens with zero attached hydrogens (tertiary/aromatic N) is 5. The minimum atomic E-state index is 0.0201. The highest BCUT2D eigenvalue weighted by Crippen LogP contribution is 2.35. The zero-order valence-corrected chi connectivity index (χ0v) is 24.2. The molecule has 1 amide bonds. The number of pyridine rings is 2. The Bertz CT molecular complexity index is 1790. The van der Waals surface area contributed by atoms with Crippen molar-refractivity contribution in [3.63, 3.8) is 0 Å². The summed E-state index contributed by atoms with van der Waals surface area (Å²) in [5.74, 6) is 1.19. The molecule has 1 aliphatic carbocycles. The average Bonchev–Trinajstić information content (AvgIpc) is 3.60. The number of aromatic amines is 1. The fourth-order valence-corrected chi connectivity index (χ4v) is 5.88. The second kappa shape index (κ2) is 11.3. The van der Waals surface area contributed by atoms with Crippen molar-refractivity contribution < 1.29 is 4.79 Å². The summed E-state index contributed by atoms with van der Waals surface area (Å²) in [6.45, 7) is 6.05. The Morgan fingerprint density at radius 2 is 1.98 bits per heavy atom. The predicted molar refractivity (Wildman–Crippen MR) is 167 cm³/mol. The number of nitrogens with one attached hydrogen (secondary N) is 5. The van der Waals surface area contributed by atoms with Crippen molar-refractivity contribution in [1.82, 2.24) is 40.2 Å². The third kappa shape index (κ3) is 5.59. The number of anilines is 2. The van der Waals surface area contributed by atoms with E-state index in [1.807, 2.05) is 42.3 Å². The third-order valence-electron chi connectivity index (χ3n) is 8.12. The molecule has 11 heteroatoms. The minimum absolute atomic E-state index is 0.0201. The summed E-state index contributed by atoms with van der Waals surface area (Å²) in [6, 6.07) is 3.95. The highest BCUT2D eigenvalue weighted by atomic mass is 16.1. The van der Waals surface area contributed by atoms with Gasteiger partial charge in [-0.05, 0) is 63.9 Å². The van der Waals surface area contributed by atoms with E-state index in [1.165, 1.54) is 5.57 Å². The summed E-state index contributed by atoms with van der Waals surface area (Å²) < 4.78 is 2.02. The van der Waals surface area contributed by atoms with E-state index in [-0.39, 0.29) is 5.91 Å². The van der Waals surface area contributed by atoms with Crippen molar-refractivity contribution in [2.75, 3.05) is 23.8 Å². The molecular formula is C32H34N10O. The number of aromatic nitrogens is 6. The van der Waals surface area contributed by atoms with Gasteiger partial charge in [-0.3, -0.25) is 20.2 Å². The van der Waals surface area contributed by atoms with Gasteiger partial charge in [0.15, 0.2) is 0 Å². The van der Waals surface area contributed by atoms with Crippen LogP contribution in [0.2, 0.25) is 0 Å². The third-order valence-corrected chi connectivity index (χ3v) is 8.12. The van der Waals surface area contributed by atoms with E-state index in [4.69, 9.17) is 9.97 Å². The van der Waals surface area contributed by atoms with Gasteiger partial charge in [-0.1, -0.05) is 11.6 Å². The fraction of sp³-hybridized carbons (Fsp3) is 0.281. The zero-order chi connectivity index (χ0) is 29.3. The van der Waals surface area contributed by atoms with Crippen LogP contribution in [-0.4, -0.2) is 48.5 Å². The quantitative estimate of drug-likeness (QED) is 0.228. The Morgan fingerprint density at radius 1 is 1.09 bits per heavy atom. The van der Waals surface area contributed by atoms with Crippen LogP contribution in [0, 0.1) is 12.8 Å². The lowest BCUT2D eigenvalue weighted by atomic mass is 9.94. The van der Waals surface area contributed by atoms with E-state index in [0.717, 1.165) is 89.0 Å². The molecule has 43 heavy (non-hydrogen) atoms. The van der Waals surface area contributed by atoms with E-state index in [1.54, 1.807) is 18.6 Å². The van der Waals surface area contributed by atoms with Gasteiger partial charge in [0.05, 0.1) is 47.2 Å². The van der Waals surface area contributed by atoms with E-state index < -0.39 is 0 Å². The van der Waals surface area contributed by atoms with Gasteiger partial charge < -0.3 is 25.6 Å². The number of imidazole rings is 2.